The number of carbonyl (C=O) groups is 1. The number of ketones is 1. The van der Waals surface area contributed by atoms with Crippen molar-refractivity contribution in [1.29, 1.82) is 0 Å². The maximum atomic E-state index is 12.4. The predicted molar refractivity (Wildman–Crippen MR) is 79.9 cm³/mol. The van der Waals surface area contributed by atoms with Crippen molar-refractivity contribution in [1.82, 2.24) is 4.90 Å². The van der Waals surface area contributed by atoms with E-state index in [0.29, 0.717) is 29.1 Å². The fraction of sp³-hybridized carbons (Fsp3) is 0.533. The van der Waals surface area contributed by atoms with Crippen LogP contribution in [-0.2, 0) is 0 Å². The highest BCUT2D eigenvalue weighted by atomic mass is 32.2. The highest BCUT2D eigenvalue weighted by molar-refractivity contribution is 8.00. The van der Waals surface area contributed by atoms with Gasteiger partial charge in [-0.1, -0.05) is 6.92 Å². The summed E-state index contributed by atoms with van der Waals surface area (Å²) in [5, 5.41) is 0.577. The zero-order chi connectivity index (χ0) is 14.1. The van der Waals surface area contributed by atoms with Crippen LogP contribution < -0.4 is 9.47 Å². The number of hydrogen-bond acceptors (Lipinski definition) is 5. The summed E-state index contributed by atoms with van der Waals surface area (Å²) in [6.07, 6.45) is 0. The van der Waals surface area contributed by atoms with E-state index in [1.165, 1.54) is 0 Å². The van der Waals surface area contributed by atoms with Gasteiger partial charge in [-0.15, -0.1) is 0 Å². The second kappa shape index (κ2) is 5.66. The first-order valence-electron chi connectivity index (χ1n) is 6.93. The van der Waals surface area contributed by atoms with Crippen LogP contribution in [0.15, 0.2) is 18.2 Å². The lowest BCUT2D eigenvalue weighted by Crippen LogP contribution is -2.46. The topological polar surface area (TPSA) is 38.8 Å². The summed E-state index contributed by atoms with van der Waals surface area (Å²) >= 11 is 1.98. The quantitative estimate of drug-likeness (QED) is 0.800. The Morgan fingerprint density at radius 3 is 3.00 bits per heavy atom. The molecule has 2 unspecified atom stereocenters. The van der Waals surface area contributed by atoms with Crippen LogP contribution in [0.1, 0.15) is 24.2 Å². The first kappa shape index (κ1) is 13.8. The Morgan fingerprint density at radius 2 is 2.15 bits per heavy atom. The smallest absolute Gasteiger partial charge is 0.231 e. The first-order chi connectivity index (χ1) is 9.65. The molecular weight excluding hydrogens is 274 g/mol. The molecule has 0 N–H and O–H groups in total. The molecule has 1 fully saturated rings. The Kier molecular flexibility index (Phi) is 3.89. The number of fused-ring (bicyclic) bond motifs is 1. The molecule has 0 amide bonds. The molecule has 20 heavy (non-hydrogen) atoms. The summed E-state index contributed by atoms with van der Waals surface area (Å²) in [6.45, 7) is 6.12. The second-order valence-corrected chi connectivity index (χ2v) is 6.76. The van der Waals surface area contributed by atoms with E-state index < -0.39 is 0 Å². The minimum absolute atomic E-state index is 0.147. The summed E-state index contributed by atoms with van der Waals surface area (Å²) < 4.78 is 10.6. The number of thioether (sulfide) groups is 1. The maximum absolute atomic E-state index is 12.4. The molecule has 0 spiro atoms. The highest BCUT2D eigenvalue weighted by Crippen LogP contribution is 2.33. The van der Waals surface area contributed by atoms with Crippen molar-refractivity contribution in [3.8, 4) is 11.5 Å². The van der Waals surface area contributed by atoms with Gasteiger partial charge in [-0.05, 0) is 25.1 Å². The third-order valence-corrected chi connectivity index (χ3v) is 5.39. The molecule has 4 nitrogen and oxygen atoms in total. The van der Waals surface area contributed by atoms with E-state index in [9.17, 15) is 4.79 Å². The van der Waals surface area contributed by atoms with Gasteiger partial charge in [0.15, 0.2) is 17.3 Å². The third-order valence-electron chi connectivity index (χ3n) is 4.06. The minimum Gasteiger partial charge on any atom is -0.454 e. The zero-order valence-electron chi connectivity index (χ0n) is 11.8. The Morgan fingerprint density at radius 1 is 1.35 bits per heavy atom. The highest BCUT2D eigenvalue weighted by Gasteiger charge is 2.27. The Balaban J connectivity index is 1.70. The van der Waals surface area contributed by atoms with Crippen molar-refractivity contribution in [2.45, 2.75) is 25.1 Å². The number of benzene rings is 1. The number of nitrogens with zero attached hydrogens (tertiary/aromatic N) is 1. The van der Waals surface area contributed by atoms with Crippen molar-refractivity contribution in [2.75, 3.05) is 25.6 Å². The van der Waals surface area contributed by atoms with Gasteiger partial charge in [0.2, 0.25) is 6.79 Å². The van der Waals surface area contributed by atoms with Crippen molar-refractivity contribution < 1.29 is 14.3 Å². The van der Waals surface area contributed by atoms with Gasteiger partial charge in [-0.25, -0.2) is 0 Å². The van der Waals surface area contributed by atoms with Crippen molar-refractivity contribution in [3.63, 3.8) is 0 Å². The Bertz CT molecular complexity index is 520. The van der Waals surface area contributed by atoms with Crippen molar-refractivity contribution in [2.24, 2.45) is 0 Å². The lowest BCUT2D eigenvalue weighted by atomic mass is 10.1. The van der Waals surface area contributed by atoms with E-state index in [4.69, 9.17) is 9.47 Å². The van der Waals surface area contributed by atoms with Crippen LogP contribution in [0.5, 0.6) is 11.5 Å². The molecule has 0 aromatic heterocycles. The van der Waals surface area contributed by atoms with E-state index in [2.05, 4.69) is 18.7 Å². The van der Waals surface area contributed by atoms with E-state index in [1.54, 1.807) is 6.07 Å². The third kappa shape index (κ3) is 2.65. The van der Waals surface area contributed by atoms with Gasteiger partial charge in [-0.3, -0.25) is 9.69 Å². The van der Waals surface area contributed by atoms with Crippen LogP contribution in [-0.4, -0.2) is 47.6 Å². The molecule has 2 atom stereocenters. The summed E-state index contributed by atoms with van der Waals surface area (Å²) in [5.41, 5.74) is 0.701. The Hall–Kier alpha value is -1.20. The lowest BCUT2D eigenvalue weighted by molar-refractivity contribution is 0.0901. The molecule has 1 aromatic rings. The van der Waals surface area contributed by atoms with Crippen LogP contribution >= 0.6 is 11.8 Å². The monoisotopic (exact) mass is 293 g/mol. The van der Waals surface area contributed by atoms with Crippen LogP contribution in [0.3, 0.4) is 0 Å². The minimum atomic E-state index is 0.147. The number of ether oxygens (including phenoxy) is 2. The van der Waals surface area contributed by atoms with E-state index in [-0.39, 0.29) is 12.6 Å². The number of hydrogen-bond donors (Lipinski definition) is 0. The van der Waals surface area contributed by atoms with E-state index >= 15 is 0 Å². The van der Waals surface area contributed by atoms with Crippen LogP contribution in [0.2, 0.25) is 0 Å². The van der Waals surface area contributed by atoms with Gasteiger partial charge in [0.05, 0.1) is 6.54 Å². The molecule has 2 heterocycles. The SMILES string of the molecule is CC1SCCN(CC(=O)c2ccc3c(c2)OCO3)C1C. The number of rotatable bonds is 3. The van der Waals surface area contributed by atoms with Gasteiger partial charge in [0.25, 0.3) is 0 Å². The normalized spacial score (nSPS) is 25.7. The fourth-order valence-corrected chi connectivity index (χ4v) is 3.73. The second-order valence-electron chi connectivity index (χ2n) is 5.28. The van der Waals surface area contributed by atoms with Gasteiger partial charge in [-0.2, -0.15) is 11.8 Å². The van der Waals surface area contributed by atoms with Crippen molar-refractivity contribution >= 4 is 17.5 Å². The molecule has 0 aliphatic carbocycles. The van der Waals surface area contributed by atoms with Gasteiger partial charge >= 0.3 is 0 Å². The first-order valence-corrected chi connectivity index (χ1v) is 7.98. The summed E-state index contributed by atoms with van der Waals surface area (Å²) in [7, 11) is 0. The number of carbonyl (C=O) groups excluding carboxylic acids is 1. The molecule has 1 aromatic carbocycles. The van der Waals surface area contributed by atoms with Crippen LogP contribution in [0, 0.1) is 0 Å². The average Bonchev–Trinajstić information content (AvgIpc) is 2.91. The molecule has 1 saturated heterocycles. The molecule has 108 valence electrons. The molecule has 0 saturated carbocycles. The fourth-order valence-electron chi connectivity index (χ4n) is 2.56. The standard InChI is InChI=1S/C15H19NO3S/c1-10-11(2)20-6-5-16(10)8-13(17)12-3-4-14-15(7-12)19-9-18-14/h3-4,7,10-11H,5-6,8-9H2,1-2H3. The molecule has 2 aliphatic rings. The molecule has 2 aliphatic heterocycles. The largest absolute Gasteiger partial charge is 0.454 e. The lowest BCUT2D eigenvalue weighted by Gasteiger charge is -2.36. The average molecular weight is 293 g/mol. The Labute approximate surface area is 123 Å². The summed E-state index contributed by atoms with van der Waals surface area (Å²) in [5.74, 6) is 2.64. The molecule has 3 rings (SSSR count). The predicted octanol–water partition coefficient (Wildman–Crippen LogP) is 2.42. The van der Waals surface area contributed by atoms with E-state index in [0.717, 1.165) is 18.0 Å². The maximum Gasteiger partial charge on any atom is 0.231 e. The van der Waals surface area contributed by atoms with Gasteiger partial charge in [0, 0.05) is 29.2 Å². The van der Waals surface area contributed by atoms with Gasteiger partial charge < -0.3 is 9.47 Å². The van der Waals surface area contributed by atoms with Crippen LogP contribution in [0.25, 0.3) is 0 Å². The van der Waals surface area contributed by atoms with Gasteiger partial charge in [0.1, 0.15) is 0 Å². The van der Waals surface area contributed by atoms with Crippen molar-refractivity contribution in [3.05, 3.63) is 23.8 Å². The summed E-state index contributed by atoms with van der Waals surface area (Å²) in [6, 6.07) is 5.86. The molecule has 0 radical (unpaired) electrons. The zero-order valence-corrected chi connectivity index (χ0v) is 12.6. The molecule has 0 bridgehead atoms. The van der Waals surface area contributed by atoms with E-state index in [1.807, 2.05) is 23.9 Å². The summed E-state index contributed by atoms with van der Waals surface area (Å²) in [4.78, 5) is 14.7. The number of Topliss-reactive ketones (excluding diaryl/α,β-unsaturated/α-hetero) is 1. The van der Waals surface area contributed by atoms with Crippen LogP contribution in [0.4, 0.5) is 0 Å². The molecule has 5 heteroatoms. The molecular formula is C15H19NO3S.